The molecule has 0 fully saturated rings. The molecule has 0 amide bonds. The third-order valence-electron chi connectivity index (χ3n) is 10.0. The molecular weight excluding hydrogens is 754 g/mol. The first-order valence-electron chi connectivity index (χ1n) is 21.7. The van der Waals surface area contributed by atoms with Crippen LogP contribution < -0.4 is 24.0 Å². The predicted octanol–water partition coefficient (Wildman–Crippen LogP) is 11.4. The fourth-order valence-electron chi connectivity index (χ4n) is 6.46. The molecule has 0 radical (unpaired) electrons. The van der Waals surface area contributed by atoms with E-state index < -0.39 is 6.64 Å². The zero-order valence-electron chi connectivity index (χ0n) is 34.4. The molecule has 0 rings (SSSR count). The van der Waals surface area contributed by atoms with Gasteiger partial charge in [-0.05, 0) is 31.7 Å². The first-order chi connectivity index (χ1) is 23.2. The Morgan fingerprint density at radius 3 is 0.878 bits per heavy atom. The summed E-state index contributed by atoms with van der Waals surface area (Å²) in [6.45, 7) is 5.62. The molecule has 0 aromatic rings. The summed E-state index contributed by atoms with van der Waals surface area (Å²) in [7, 11) is 8.85. The third kappa shape index (κ3) is 38.7. The van der Waals surface area contributed by atoms with Crippen molar-refractivity contribution in [2.75, 3.05) is 54.5 Å². The van der Waals surface area contributed by atoms with Crippen molar-refractivity contribution in [3.8, 4) is 0 Å². The van der Waals surface area contributed by atoms with Crippen molar-refractivity contribution < 1.29 is 37.5 Å². The SMILES string of the molecule is CCCCCCCCCCCCCCCCCCOP(=S)(OCCCCCCCCCCCCCCCCCC)N(C)CC[N+](C)(C)C.[I-]. The van der Waals surface area contributed by atoms with Gasteiger partial charge in [-0.15, -0.1) is 0 Å². The number of hydrogen-bond acceptors (Lipinski definition) is 3. The van der Waals surface area contributed by atoms with Crippen LogP contribution in [0.4, 0.5) is 0 Å². The molecular formula is C42H90IN2O2PS. The quantitative estimate of drug-likeness (QED) is 0.0265. The smallest absolute Gasteiger partial charge is 0.263 e. The molecule has 0 saturated heterocycles. The molecule has 0 aliphatic heterocycles. The Labute approximate surface area is 332 Å². The van der Waals surface area contributed by atoms with Crippen molar-refractivity contribution >= 4 is 18.4 Å². The highest BCUT2D eigenvalue weighted by molar-refractivity contribution is 8.08. The highest BCUT2D eigenvalue weighted by atomic mass is 127. The number of nitrogens with zero attached hydrogens (tertiary/aromatic N) is 2. The van der Waals surface area contributed by atoms with Crippen molar-refractivity contribution in [2.24, 2.45) is 0 Å². The number of likely N-dealkylation sites (N-methyl/N-ethyl adjacent to an activating group) is 2. The van der Waals surface area contributed by atoms with Gasteiger partial charge in [0.25, 0.3) is 6.64 Å². The second-order valence-corrected chi connectivity index (χ2v) is 19.7. The van der Waals surface area contributed by atoms with Gasteiger partial charge in [0.05, 0.1) is 47.4 Å². The van der Waals surface area contributed by atoms with Crippen molar-refractivity contribution in [3.05, 3.63) is 0 Å². The van der Waals surface area contributed by atoms with E-state index in [0.717, 1.165) is 43.6 Å². The zero-order chi connectivity index (χ0) is 35.4. The summed E-state index contributed by atoms with van der Waals surface area (Å²) in [5.41, 5.74) is 0. The number of hydrogen-bond donors (Lipinski definition) is 0. The molecule has 4 nitrogen and oxygen atoms in total. The third-order valence-corrected chi connectivity index (χ3v) is 13.5. The zero-order valence-corrected chi connectivity index (χ0v) is 38.3. The standard InChI is InChI=1S/C42H90N2O2PS.HI/c1-7-9-11-13-15-17-19-21-23-25-27-29-31-33-35-37-41-45-47(48,43(3)39-40-44(4,5)6)46-42-38-36-34-32-30-28-26-24-22-20-18-16-14-12-10-8-2;/h7-42H2,1-6H3;1H/q+1;/p-1. The van der Waals surface area contributed by atoms with Crippen LogP contribution in [0.5, 0.6) is 0 Å². The van der Waals surface area contributed by atoms with E-state index in [4.69, 9.17) is 20.9 Å². The minimum atomic E-state index is -2.42. The number of unbranched alkanes of at least 4 members (excludes halogenated alkanes) is 30. The van der Waals surface area contributed by atoms with E-state index in [9.17, 15) is 0 Å². The normalized spacial score (nSPS) is 12.2. The second kappa shape index (κ2) is 38.9. The lowest BCUT2D eigenvalue weighted by atomic mass is 10.0. The van der Waals surface area contributed by atoms with Gasteiger partial charge in [0.2, 0.25) is 0 Å². The van der Waals surface area contributed by atoms with E-state index in [1.165, 1.54) is 193 Å². The lowest BCUT2D eigenvalue weighted by molar-refractivity contribution is -0.869. The number of quaternary nitrogens is 1. The van der Waals surface area contributed by atoms with Gasteiger partial charge in [-0.1, -0.05) is 206 Å². The Kier molecular flexibility index (Phi) is 41.6. The van der Waals surface area contributed by atoms with E-state index in [-0.39, 0.29) is 24.0 Å². The Hall–Kier alpha value is 1.22. The van der Waals surface area contributed by atoms with Crippen LogP contribution >= 0.6 is 6.64 Å². The fraction of sp³-hybridized carbons (Fsp3) is 1.00. The van der Waals surface area contributed by atoms with E-state index in [2.05, 4.69) is 46.7 Å². The minimum Gasteiger partial charge on any atom is -1.00 e. The highest BCUT2D eigenvalue weighted by Gasteiger charge is 2.26. The average molecular weight is 845 g/mol. The summed E-state index contributed by atoms with van der Waals surface area (Å²) in [5.74, 6) is 0. The van der Waals surface area contributed by atoms with E-state index >= 15 is 0 Å². The Bertz CT molecular complexity index is 652. The van der Waals surface area contributed by atoms with Crippen LogP contribution in [-0.2, 0) is 20.9 Å². The van der Waals surface area contributed by atoms with Crippen LogP contribution in [0, 0.1) is 0 Å². The Morgan fingerprint density at radius 2 is 0.653 bits per heavy atom. The molecule has 0 N–H and O–H groups in total. The van der Waals surface area contributed by atoms with Crippen LogP contribution in [0.2, 0.25) is 0 Å². The van der Waals surface area contributed by atoms with E-state index in [1.807, 2.05) is 0 Å². The van der Waals surface area contributed by atoms with Gasteiger partial charge in [-0.2, -0.15) is 0 Å². The summed E-state index contributed by atoms with van der Waals surface area (Å²) < 4.78 is 16.0. The first-order valence-corrected chi connectivity index (χ1v) is 24.3. The topological polar surface area (TPSA) is 21.7 Å². The van der Waals surface area contributed by atoms with E-state index in [0.29, 0.717) is 0 Å². The largest absolute Gasteiger partial charge is 1.00 e. The molecule has 0 aromatic carbocycles. The highest BCUT2D eigenvalue weighted by Crippen LogP contribution is 2.51. The van der Waals surface area contributed by atoms with Gasteiger partial charge in [-0.3, -0.25) is 0 Å². The number of halogens is 1. The Morgan fingerprint density at radius 1 is 0.429 bits per heavy atom. The molecule has 49 heavy (non-hydrogen) atoms. The van der Waals surface area contributed by atoms with Gasteiger partial charge in [0.1, 0.15) is 0 Å². The van der Waals surface area contributed by atoms with Crippen LogP contribution in [0.3, 0.4) is 0 Å². The van der Waals surface area contributed by atoms with Gasteiger partial charge >= 0.3 is 0 Å². The molecule has 0 saturated carbocycles. The lowest BCUT2D eigenvalue weighted by Gasteiger charge is -2.33. The maximum atomic E-state index is 6.43. The molecule has 0 heterocycles. The summed E-state index contributed by atoms with van der Waals surface area (Å²) in [6.07, 6.45) is 44.4. The Balaban J connectivity index is 0. The summed E-state index contributed by atoms with van der Waals surface area (Å²) in [6, 6.07) is 0. The molecule has 298 valence electrons. The monoisotopic (exact) mass is 845 g/mol. The van der Waals surface area contributed by atoms with Gasteiger partial charge in [-0.25, -0.2) is 4.67 Å². The minimum absolute atomic E-state index is 0. The molecule has 0 aliphatic rings. The fourth-order valence-corrected chi connectivity index (χ4v) is 8.68. The maximum Gasteiger partial charge on any atom is 0.263 e. The summed E-state index contributed by atoms with van der Waals surface area (Å²) in [4.78, 5) is 0. The summed E-state index contributed by atoms with van der Waals surface area (Å²) >= 11 is 6.12. The van der Waals surface area contributed by atoms with Crippen LogP contribution in [-0.4, -0.2) is 63.6 Å². The van der Waals surface area contributed by atoms with Crippen LogP contribution in [0.15, 0.2) is 0 Å². The lowest BCUT2D eigenvalue weighted by Crippen LogP contribution is -3.00. The van der Waals surface area contributed by atoms with Crippen LogP contribution in [0.25, 0.3) is 0 Å². The van der Waals surface area contributed by atoms with Crippen molar-refractivity contribution in [1.29, 1.82) is 0 Å². The maximum absolute atomic E-state index is 6.43. The van der Waals surface area contributed by atoms with Crippen molar-refractivity contribution in [2.45, 2.75) is 219 Å². The summed E-state index contributed by atoms with van der Waals surface area (Å²) in [5, 5.41) is 0. The van der Waals surface area contributed by atoms with Crippen molar-refractivity contribution in [3.63, 3.8) is 0 Å². The van der Waals surface area contributed by atoms with Crippen LogP contribution in [0.1, 0.15) is 219 Å². The van der Waals surface area contributed by atoms with Gasteiger partial charge in [0, 0.05) is 0 Å². The van der Waals surface area contributed by atoms with E-state index in [1.54, 1.807) is 0 Å². The molecule has 0 bridgehead atoms. The molecule has 0 spiro atoms. The van der Waals surface area contributed by atoms with Crippen molar-refractivity contribution in [1.82, 2.24) is 4.67 Å². The van der Waals surface area contributed by atoms with Gasteiger partial charge < -0.3 is 37.5 Å². The molecule has 0 aliphatic carbocycles. The number of rotatable bonds is 40. The molecule has 0 aromatic heterocycles. The second-order valence-electron chi connectivity index (χ2n) is 16.1. The molecule has 0 unspecified atom stereocenters. The molecule has 0 atom stereocenters. The van der Waals surface area contributed by atoms with Gasteiger partial charge in [0.15, 0.2) is 0 Å². The molecule has 7 heteroatoms. The average Bonchev–Trinajstić information content (AvgIpc) is 3.06. The predicted molar refractivity (Wildman–Crippen MR) is 221 cm³/mol. The first kappa shape index (κ1) is 52.3.